The van der Waals surface area contributed by atoms with E-state index in [1.807, 2.05) is 54.6 Å². The number of halogens is 1. The van der Waals surface area contributed by atoms with Crippen molar-refractivity contribution in [1.82, 2.24) is 10.2 Å². The van der Waals surface area contributed by atoms with E-state index in [9.17, 15) is 9.59 Å². The van der Waals surface area contributed by atoms with E-state index < -0.39 is 11.5 Å². The molecule has 2 aromatic carbocycles. The van der Waals surface area contributed by atoms with Gasteiger partial charge in [-0.25, -0.2) is 4.39 Å². The Morgan fingerprint density at radius 1 is 1.18 bits per heavy atom. The van der Waals surface area contributed by atoms with Gasteiger partial charge in [0, 0.05) is 36.9 Å². The topological polar surface area (TPSA) is 78.9 Å². The second-order valence-electron chi connectivity index (χ2n) is 11.0. The number of hydrogen-bond acceptors (Lipinski definition) is 4. The maximum atomic E-state index is 16.3. The monoisotopic (exact) mass is 542 g/mol. The first-order valence-corrected chi connectivity index (χ1v) is 13.9. The van der Waals surface area contributed by atoms with Crippen LogP contribution < -0.4 is 5.32 Å². The molecule has 40 heavy (non-hydrogen) atoms. The van der Waals surface area contributed by atoms with Crippen molar-refractivity contribution >= 4 is 11.9 Å². The van der Waals surface area contributed by atoms with Crippen molar-refractivity contribution in [3.05, 3.63) is 95.3 Å². The molecule has 6 nitrogen and oxygen atoms in total. The minimum atomic E-state index is -0.886. The number of carbonyl (C=O) groups is 2. The predicted octanol–water partition coefficient (Wildman–Crippen LogP) is 4.61. The lowest BCUT2D eigenvalue weighted by atomic mass is 9.80. The average Bonchev–Trinajstić information content (AvgIpc) is 3.17. The highest BCUT2D eigenvalue weighted by Crippen LogP contribution is 2.40. The summed E-state index contributed by atoms with van der Waals surface area (Å²) in [5, 5.41) is 12.2. The second-order valence-corrected chi connectivity index (χ2v) is 11.0. The van der Waals surface area contributed by atoms with Crippen molar-refractivity contribution in [3.8, 4) is 11.8 Å². The van der Waals surface area contributed by atoms with Gasteiger partial charge in [-0.05, 0) is 36.5 Å². The standard InChI is InChI=1S/C33H35FN2O4/c1-23-19-33(22-40-21-30(37)35-33)29(36(23)20-24-10-3-2-4-11-24)18-26-14-9-16-28(32(26)34)27-15-7-5-12-25(27)13-6-8-17-31(38)39/h2-5,7,9-12,14-16,23,25,27,29H,8,17-22H2,1H3,(H,35,37)(H,38,39). The van der Waals surface area contributed by atoms with Gasteiger partial charge < -0.3 is 15.2 Å². The first-order valence-electron chi connectivity index (χ1n) is 13.9. The molecular formula is C33H35FN2O4. The molecule has 1 spiro atoms. The number of hydrogen-bond donors (Lipinski definition) is 2. The Balaban J connectivity index is 1.45. The summed E-state index contributed by atoms with van der Waals surface area (Å²) in [6, 6.07) is 15.7. The van der Waals surface area contributed by atoms with E-state index in [-0.39, 0.29) is 55.1 Å². The van der Waals surface area contributed by atoms with Gasteiger partial charge in [-0.2, -0.15) is 0 Å². The lowest BCUT2D eigenvalue weighted by Gasteiger charge is -2.41. The van der Waals surface area contributed by atoms with E-state index >= 15 is 4.39 Å². The van der Waals surface area contributed by atoms with Gasteiger partial charge in [0.2, 0.25) is 5.91 Å². The summed E-state index contributed by atoms with van der Waals surface area (Å²) in [6.45, 7) is 3.28. The van der Waals surface area contributed by atoms with Gasteiger partial charge >= 0.3 is 5.97 Å². The fourth-order valence-corrected chi connectivity index (χ4v) is 6.37. The molecule has 0 aromatic heterocycles. The minimum Gasteiger partial charge on any atom is -0.481 e. The quantitative estimate of drug-likeness (QED) is 0.500. The van der Waals surface area contributed by atoms with Crippen LogP contribution in [-0.4, -0.2) is 52.7 Å². The van der Waals surface area contributed by atoms with Crippen molar-refractivity contribution in [2.45, 2.75) is 62.7 Å². The average molecular weight is 543 g/mol. The Labute approximate surface area is 234 Å². The van der Waals surface area contributed by atoms with Crippen LogP contribution in [-0.2, 0) is 27.3 Å². The van der Waals surface area contributed by atoms with Gasteiger partial charge in [-0.15, -0.1) is 5.92 Å². The van der Waals surface area contributed by atoms with Crippen LogP contribution in [0, 0.1) is 23.6 Å². The predicted molar refractivity (Wildman–Crippen MR) is 151 cm³/mol. The molecule has 2 N–H and O–H groups in total. The molecule has 0 saturated carbocycles. The largest absolute Gasteiger partial charge is 0.481 e. The molecule has 2 aliphatic heterocycles. The third-order valence-electron chi connectivity index (χ3n) is 8.20. The van der Waals surface area contributed by atoms with Crippen LogP contribution in [0.4, 0.5) is 4.39 Å². The summed E-state index contributed by atoms with van der Waals surface area (Å²) in [5.74, 6) is 4.29. The van der Waals surface area contributed by atoms with E-state index in [4.69, 9.17) is 9.84 Å². The highest BCUT2D eigenvalue weighted by molar-refractivity contribution is 5.79. The number of likely N-dealkylation sites (tertiary alicyclic amines) is 1. The molecule has 1 aliphatic carbocycles. The van der Waals surface area contributed by atoms with E-state index in [1.165, 1.54) is 0 Å². The molecule has 3 aliphatic rings. The SMILES string of the molecule is CC1CC2(COCC(=O)N2)C(Cc2cccc(C3C=CC=CC3C#CCCC(=O)O)c2F)N1Cc1ccccc1. The summed E-state index contributed by atoms with van der Waals surface area (Å²) in [7, 11) is 0. The summed E-state index contributed by atoms with van der Waals surface area (Å²) in [6.07, 6.45) is 9.07. The third kappa shape index (κ3) is 6.04. The number of nitrogens with zero attached hydrogens (tertiary/aromatic N) is 1. The molecule has 2 fully saturated rings. The lowest BCUT2D eigenvalue weighted by molar-refractivity contribution is -0.137. The van der Waals surface area contributed by atoms with Crippen molar-refractivity contribution in [2.75, 3.05) is 13.2 Å². The van der Waals surface area contributed by atoms with Crippen LogP contribution in [0.3, 0.4) is 0 Å². The van der Waals surface area contributed by atoms with E-state index in [1.54, 1.807) is 6.07 Å². The molecule has 7 heteroatoms. The van der Waals surface area contributed by atoms with Crippen molar-refractivity contribution < 1.29 is 23.8 Å². The number of carboxylic acid groups (broad SMARTS) is 1. The van der Waals surface area contributed by atoms with Crippen LogP contribution in [0.1, 0.15) is 48.8 Å². The maximum Gasteiger partial charge on any atom is 0.304 e. The van der Waals surface area contributed by atoms with E-state index in [0.29, 0.717) is 30.7 Å². The molecule has 5 atom stereocenters. The highest BCUT2D eigenvalue weighted by Gasteiger charge is 2.53. The first-order chi connectivity index (χ1) is 19.4. The van der Waals surface area contributed by atoms with E-state index in [0.717, 1.165) is 12.0 Å². The van der Waals surface area contributed by atoms with Crippen LogP contribution in [0.2, 0.25) is 0 Å². The number of benzene rings is 2. The molecule has 0 radical (unpaired) electrons. The fraction of sp³-hybridized carbons (Fsp3) is 0.394. The van der Waals surface area contributed by atoms with Crippen LogP contribution in [0.25, 0.3) is 0 Å². The molecule has 5 rings (SSSR count). The number of ether oxygens (including phenoxy) is 1. The number of morpholine rings is 1. The summed E-state index contributed by atoms with van der Waals surface area (Å²) < 4.78 is 22.1. The van der Waals surface area contributed by atoms with Crippen LogP contribution >= 0.6 is 0 Å². The van der Waals surface area contributed by atoms with Crippen molar-refractivity contribution in [1.29, 1.82) is 0 Å². The molecule has 5 unspecified atom stereocenters. The number of aliphatic carboxylic acids is 1. The zero-order valence-electron chi connectivity index (χ0n) is 22.7. The molecule has 2 aromatic rings. The highest BCUT2D eigenvalue weighted by atomic mass is 19.1. The van der Waals surface area contributed by atoms with Crippen molar-refractivity contribution in [2.24, 2.45) is 5.92 Å². The van der Waals surface area contributed by atoms with Crippen molar-refractivity contribution in [3.63, 3.8) is 0 Å². The second kappa shape index (κ2) is 12.2. The zero-order chi connectivity index (χ0) is 28.1. The number of amides is 1. The molecule has 2 saturated heterocycles. The normalized spacial score (nSPS) is 27.8. The molecule has 0 bridgehead atoms. The van der Waals surface area contributed by atoms with Gasteiger partial charge in [0.15, 0.2) is 0 Å². The molecule has 1 amide bonds. The summed E-state index contributed by atoms with van der Waals surface area (Å²) >= 11 is 0. The fourth-order valence-electron chi connectivity index (χ4n) is 6.37. The lowest BCUT2D eigenvalue weighted by Crippen LogP contribution is -2.63. The Kier molecular flexibility index (Phi) is 8.49. The number of allylic oxidation sites excluding steroid dienone is 4. The van der Waals surface area contributed by atoms with Gasteiger partial charge in [-0.3, -0.25) is 14.5 Å². The zero-order valence-corrected chi connectivity index (χ0v) is 22.7. The third-order valence-corrected chi connectivity index (χ3v) is 8.20. The summed E-state index contributed by atoms with van der Waals surface area (Å²) in [4.78, 5) is 25.7. The number of carbonyl (C=O) groups excluding carboxylic acids is 1. The Morgan fingerprint density at radius 3 is 2.75 bits per heavy atom. The van der Waals surface area contributed by atoms with Crippen LogP contribution in [0.15, 0.2) is 72.8 Å². The summed E-state index contributed by atoms with van der Waals surface area (Å²) in [5.41, 5.74) is 1.72. The molecular weight excluding hydrogens is 507 g/mol. The maximum absolute atomic E-state index is 16.3. The number of nitrogens with one attached hydrogen (secondary N) is 1. The van der Waals surface area contributed by atoms with E-state index in [2.05, 4.69) is 41.1 Å². The van der Waals surface area contributed by atoms with Gasteiger partial charge in [0.05, 0.1) is 18.6 Å². The Morgan fingerprint density at radius 2 is 1.98 bits per heavy atom. The Bertz CT molecular complexity index is 1360. The number of carboxylic acids is 1. The Hall–Kier alpha value is -3.73. The van der Waals surface area contributed by atoms with Crippen LogP contribution in [0.5, 0.6) is 0 Å². The smallest absolute Gasteiger partial charge is 0.304 e. The minimum absolute atomic E-state index is 0.0188. The molecule has 2 heterocycles. The van der Waals surface area contributed by atoms with Gasteiger partial charge in [0.25, 0.3) is 0 Å². The number of rotatable bonds is 7. The van der Waals surface area contributed by atoms with Gasteiger partial charge in [-0.1, -0.05) is 78.8 Å². The first kappa shape index (κ1) is 27.8. The van der Waals surface area contributed by atoms with Gasteiger partial charge in [0.1, 0.15) is 12.4 Å². The molecule has 208 valence electrons.